The SMILES string of the molecule is COC(=O)[C@@H]1C(N)=C(C)C[S@]1=O. The van der Waals surface area contributed by atoms with Crippen molar-refractivity contribution in [2.75, 3.05) is 12.9 Å². The lowest BCUT2D eigenvalue weighted by Gasteiger charge is -2.06. The van der Waals surface area contributed by atoms with Gasteiger partial charge in [-0.25, -0.2) is 0 Å². The van der Waals surface area contributed by atoms with Crippen LogP contribution in [0, 0.1) is 0 Å². The van der Waals surface area contributed by atoms with E-state index in [1.54, 1.807) is 6.92 Å². The van der Waals surface area contributed by atoms with Crippen LogP contribution < -0.4 is 5.73 Å². The van der Waals surface area contributed by atoms with Crippen LogP contribution in [-0.2, 0) is 20.3 Å². The Labute approximate surface area is 73.2 Å². The molecular formula is C7H11NO3S. The Bertz CT molecular complexity index is 272. The van der Waals surface area contributed by atoms with Gasteiger partial charge in [-0.05, 0) is 12.5 Å². The van der Waals surface area contributed by atoms with Gasteiger partial charge in [-0.3, -0.25) is 9.00 Å². The van der Waals surface area contributed by atoms with Gasteiger partial charge in [0.15, 0.2) is 5.25 Å². The molecule has 0 amide bonds. The van der Waals surface area contributed by atoms with Crippen molar-refractivity contribution < 1.29 is 13.7 Å². The maximum absolute atomic E-state index is 11.3. The van der Waals surface area contributed by atoms with Gasteiger partial charge in [0.1, 0.15) is 0 Å². The Morgan fingerprint density at radius 2 is 2.33 bits per heavy atom. The van der Waals surface area contributed by atoms with Gasteiger partial charge in [0.2, 0.25) is 0 Å². The molecule has 4 nitrogen and oxygen atoms in total. The third kappa shape index (κ3) is 1.36. The second kappa shape index (κ2) is 3.26. The molecule has 0 spiro atoms. The zero-order valence-electron chi connectivity index (χ0n) is 6.99. The Balaban J connectivity index is 2.91. The third-order valence-corrected chi connectivity index (χ3v) is 3.50. The number of rotatable bonds is 1. The van der Waals surface area contributed by atoms with Crippen LogP contribution in [0.2, 0.25) is 0 Å². The molecule has 0 aromatic heterocycles. The molecular weight excluding hydrogens is 178 g/mol. The van der Waals surface area contributed by atoms with E-state index in [-0.39, 0.29) is 0 Å². The van der Waals surface area contributed by atoms with Gasteiger partial charge in [-0.15, -0.1) is 0 Å². The molecule has 2 N–H and O–H groups in total. The fraction of sp³-hybridized carbons (Fsp3) is 0.571. The summed E-state index contributed by atoms with van der Waals surface area (Å²) in [6.07, 6.45) is 0. The molecule has 0 aromatic carbocycles. The van der Waals surface area contributed by atoms with E-state index in [0.717, 1.165) is 5.57 Å². The van der Waals surface area contributed by atoms with Crippen LogP contribution >= 0.6 is 0 Å². The Kier molecular flexibility index (Phi) is 2.52. The summed E-state index contributed by atoms with van der Waals surface area (Å²) in [5.41, 5.74) is 6.80. The predicted molar refractivity (Wildman–Crippen MR) is 45.7 cm³/mol. The monoisotopic (exact) mass is 189 g/mol. The molecule has 0 saturated carbocycles. The quantitative estimate of drug-likeness (QED) is 0.566. The first-order valence-corrected chi connectivity index (χ1v) is 4.86. The highest BCUT2D eigenvalue weighted by molar-refractivity contribution is 7.87. The molecule has 1 heterocycles. The first kappa shape index (κ1) is 9.25. The number of ether oxygens (including phenoxy) is 1. The second-order valence-corrected chi connectivity index (χ2v) is 4.19. The first-order chi connectivity index (χ1) is 5.57. The fourth-order valence-corrected chi connectivity index (χ4v) is 2.64. The van der Waals surface area contributed by atoms with Crippen LogP contribution in [0.4, 0.5) is 0 Å². The van der Waals surface area contributed by atoms with Crippen molar-refractivity contribution in [3.63, 3.8) is 0 Å². The summed E-state index contributed by atoms with van der Waals surface area (Å²) in [5, 5.41) is -0.741. The topological polar surface area (TPSA) is 69.4 Å². The van der Waals surface area contributed by atoms with E-state index in [4.69, 9.17) is 5.73 Å². The maximum Gasteiger partial charge on any atom is 0.327 e. The van der Waals surface area contributed by atoms with Crippen molar-refractivity contribution in [1.29, 1.82) is 0 Å². The van der Waals surface area contributed by atoms with Crippen LogP contribution in [0.5, 0.6) is 0 Å². The van der Waals surface area contributed by atoms with Gasteiger partial charge in [-0.2, -0.15) is 0 Å². The summed E-state index contributed by atoms with van der Waals surface area (Å²) in [5.74, 6) is -0.131. The molecule has 0 aromatic rings. The van der Waals surface area contributed by atoms with Gasteiger partial charge >= 0.3 is 5.97 Å². The molecule has 1 aliphatic heterocycles. The molecule has 5 heteroatoms. The van der Waals surface area contributed by atoms with E-state index in [1.165, 1.54) is 7.11 Å². The van der Waals surface area contributed by atoms with E-state index in [2.05, 4.69) is 4.74 Å². The lowest BCUT2D eigenvalue weighted by molar-refractivity contribution is -0.139. The molecule has 2 atom stereocenters. The van der Waals surface area contributed by atoms with Crippen LogP contribution in [0.25, 0.3) is 0 Å². The Morgan fingerprint density at radius 1 is 1.75 bits per heavy atom. The second-order valence-electron chi connectivity index (χ2n) is 2.66. The smallest absolute Gasteiger partial charge is 0.327 e. The van der Waals surface area contributed by atoms with Crippen molar-refractivity contribution in [2.45, 2.75) is 12.2 Å². The highest BCUT2D eigenvalue weighted by Gasteiger charge is 2.35. The van der Waals surface area contributed by atoms with Crippen molar-refractivity contribution in [3.05, 3.63) is 11.3 Å². The van der Waals surface area contributed by atoms with Crippen LogP contribution in [0.3, 0.4) is 0 Å². The van der Waals surface area contributed by atoms with Crippen molar-refractivity contribution in [1.82, 2.24) is 0 Å². The zero-order valence-corrected chi connectivity index (χ0v) is 7.81. The molecule has 0 radical (unpaired) electrons. The molecule has 12 heavy (non-hydrogen) atoms. The number of carbonyl (C=O) groups excluding carboxylic acids is 1. The molecule has 0 fully saturated rings. The van der Waals surface area contributed by atoms with Crippen LogP contribution in [0.15, 0.2) is 11.3 Å². The molecule has 0 unspecified atom stereocenters. The van der Waals surface area contributed by atoms with E-state index in [0.29, 0.717) is 11.4 Å². The number of carbonyl (C=O) groups is 1. The zero-order chi connectivity index (χ0) is 9.30. The number of esters is 1. The van der Waals surface area contributed by atoms with Crippen molar-refractivity contribution in [2.24, 2.45) is 5.73 Å². The predicted octanol–water partition coefficient (Wildman–Crippen LogP) is -0.477. The Hall–Kier alpha value is -0.840. The van der Waals surface area contributed by atoms with Crippen LogP contribution in [-0.4, -0.2) is 28.3 Å². The number of hydrogen-bond acceptors (Lipinski definition) is 4. The van der Waals surface area contributed by atoms with Crippen molar-refractivity contribution in [3.8, 4) is 0 Å². The maximum atomic E-state index is 11.3. The molecule has 0 bridgehead atoms. The van der Waals surface area contributed by atoms with E-state index >= 15 is 0 Å². The van der Waals surface area contributed by atoms with Gasteiger partial charge in [0, 0.05) is 22.2 Å². The number of nitrogens with two attached hydrogens (primary N) is 1. The standard InChI is InChI=1S/C7H11NO3S/c1-4-3-12(10)6(5(4)8)7(9)11-2/h6H,3,8H2,1-2H3/t6-,12+/m0/s1. The average Bonchev–Trinajstić information content (AvgIpc) is 2.26. The molecule has 68 valence electrons. The summed E-state index contributed by atoms with van der Waals surface area (Å²) < 4.78 is 15.8. The molecule has 0 saturated heterocycles. The summed E-state index contributed by atoms with van der Waals surface area (Å²) in [6.45, 7) is 1.77. The van der Waals surface area contributed by atoms with Crippen LogP contribution in [0.1, 0.15) is 6.92 Å². The highest BCUT2D eigenvalue weighted by atomic mass is 32.2. The first-order valence-electron chi connectivity index (χ1n) is 3.48. The largest absolute Gasteiger partial charge is 0.468 e. The van der Waals surface area contributed by atoms with Gasteiger partial charge in [0.25, 0.3) is 0 Å². The van der Waals surface area contributed by atoms with E-state index in [1.807, 2.05) is 0 Å². The lowest BCUT2D eigenvalue weighted by atomic mass is 10.2. The summed E-state index contributed by atoms with van der Waals surface area (Å²) in [7, 11) is 0.0400. The van der Waals surface area contributed by atoms with Gasteiger partial charge < -0.3 is 10.5 Å². The Morgan fingerprint density at radius 3 is 2.67 bits per heavy atom. The van der Waals surface area contributed by atoms with E-state index < -0.39 is 22.0 Å². The minimum atomic E-state index is -1.22. The number of hydrogen-bond donors (Lipinski definition) is 1. The minimum absolute atomic E-state index is 0.381. The summed E-state index contributed by atoms with van der Waals surface area (Å²) >= 11 is 0. The number of methoxy groups -OCH3 is 1. The molecule has 1 rings (SSSR count). The summed E-state index contributed by atoms with van der Waals surface area (Å²) in [4.78, 5) is 11.1. The third-order valence-electron chi connectivity index (χ3n) is 1.81. The fourth-order valence-electron chi connectivity index (χ4n) is 1.09. The highest BCUT2D eigenvalue weighted by Crippen LogP contribution is 2.20. The minimum Gasteiger partial charge on any atom is -0.468 e. The van der Waals surface area contributed by atoms with Crippen molar-refractivity contribution >= 4 is 16.8 Å². The average molecular weight is 189 g/mol. The van der Waals surface area contributed by atoms with E-state index in [9.17, 15) is 9.00 Å². The molecule has 0 aliphatic carbocycles. The normalized spacial score (nSPS) is 29.2. The lowest BCUT2D eigenvalue weighted by Crippen LogP contribution is -2.29. The summed E-state index contributed by atoms with van der Waals surface area (Å²) in [6, 6.07) is 0. The van der Waals surface area contributed by atoms with Gasteiger partial charge in [-0.1, -0.05) is 0 Å². The van der Waals surface area contributed by atoms with Gasteiger partial charge in [0.05, 0.1) is 7.11 Å². The molecule has 1 aliphatic rings.